The molecule has 1 fully saturated rings. The molecule has 0 aliphatic carbocycles. The average molecular weight is 451 g/mol. The third kappa shape index (κ3) is 3.68. The van der Waals surface area contributed by atoms with Crippen molar-refractivity contribution in [1.29, 1.82) is 0 Å². The number of anilines is 1. The summed E-state index contributed by atoms with van der Waals surface area (Å²) in [6.45, 7) is 9.56. The monoisotopic (exact) mass is 450 g/mol. The predicted octanol–water partition coefficient (Wildman–Crippen LogP) is 4.67. The molecule has 6 rings (SSSR count). The number of benzene rings is 2. The molecular formula is C28H30N6. The van der Waals surface area contributed by atoms with Gasteiger partial charge in [-0.15, -0.1) is 5.10 Å². The maximum atomic E-state index is 4.71. The fraction of sp³-hybridized carbons (Fsp3) is 0.321. The number of aromatic nitrogens is 4. The molecule has 5 aromatic rings. The van der Waals surface area contributed by atoms with Crippen LogP contribution in [0.15, 0.2) is 60.8 Å². The van der Waals surface area contributed by atoms with Gasteiger partial charge < -0.3 is 4.90 Å². The molecule has 0 radical (unpaired) electrons. The van der Waals surface area contributed by atoms with Gasteiger partial charge in [0.15, 0.2) is 0 Å². The highest BCUT2D eigenvalue weighted by atomic mass is 15.4. The fourth-order valence-electron chi connectivity index (χ4n) is 5.34. The molecule has 6 nitrogen and oxygen atoms in total. The van der Waals surface area contributed by atoms with Crippen LogP contribution >= 0.6 is 0 Å². The summed E-state index contributed by atoms with van der Waals surface area (Å²) in [5.74, 6) is 0. The van der Waals surface area contributed by atoms with Crippen LogP contribution in [0.4, 0.5) is 5.69 Å². The average Bonchev–Trinajstić information content (AvgIpc) is 3.37. The lowest BCUT2D eigenvalue weighted by atomic mass is 10.0. The Balaban J connectivity index is 1.17. The summed E-state index contributed by atoms with van der Waals surface area (Å²) >= 11 is 0. The van der Waals surface area contributed by atoms with Crippen LogP contribution in [-0.4, -0.2) is 57.4 Å². The lowest BCUT2D eigenvalue weighted by molar-refractivity contribution is 0.261. The van der Waals surface area contributed by atoms with Gasteiger partial charge in [-0.1, -0.05) is 30.3 Å². The van der Waals surface area contributed by atoms with Gasteiger partial charge in [-0.2, -0.15) is 0 Å². The minimum absolute atomic E-state index is 0.979. The van der Waals surface area contributed by atoms with E-state index in [1.807, 2.05) is 10.7 Å². The molecule has 0 atom stereocenters. The van der Waals surface area contributed by atoms with Crippen LogP contribution in [0, 0.1) is 6.92 Å². The molecule has 0 amide bonds. The normalized spacial score (nSPS) is 15.1. The highest BCUT2D eigenvalue weighted by Gasteiger charge is 2.19. The predicted molar refractivity (Wildman–Crippen MR) is 139 cm³/mol. The Morgan fingerprint density at radius 3 is 2.56 bits per heavy atom. The van der Waals surface area contributed by atoms with E-state index in [1.54, 1.807) is 0 Å². The van der Waals surface area contributed by atoms with Crippen LogP contribution in [0.2, 0.25) is 0 Å². The Morgan fingerprint density at radius 2 is 1.71 bits per heavy atom. The van der Waals surface area contributed by atoms with Crippen molar-refractivity contribution >= 4 is 33.0 Å². The van der Waals surface area contributed by atoms with Crippen LogP contribution in [0.1, 0.15) is 23.7 Å². The number of pyridine rings is 2. The second-order valence-electron chi connectivity index (χ2n) is 9.28. The van der Waals surface area contributed by atoms with Crippen LogP contribution in [0.3, 0.4) is 0 Å². The Labute approximate surface area is 199 Å². The fourth-order valence-corrected chi connectivity index (χ4v) is 5.34. The first-order valence-corrected chi connectivity index (χ1v) is 12.3. The van der Waals surface area contributed by atoms with Crippen LogP contribution in [0.25, 0.3) is 27.3 Å². The Kier molecular flexibility index (Phi) is 5.38. The third-order valence-electron chi connectivity index (χ3n) is 7.24. The molecule has 4 heterocycles. The molecule has 3 aromatic heterocycles. The smallest absolute Gasteiger partial charge is 0.0904 e. The maximum Gasteiger partial charge on any atom is 0.0904 e. The van der Waals surface area contributed by atoms with Gasteiger partial charge in [0.2, 0.25) is 0 Å². The van der Waals surface area contributed by atoms with E-state index in [0.717, 1.165) is 67.8 Å². The number of hydrogen-bond acceptors (Lipinski definition) is 5. The van der Waals surface area contributed by atoms with Gasteiger partial charge in [0, 0.05) is 54.9 Å². The van der Waals surface area contributed by atoms with Crippen molar-refractivity contribution < 1.29 is 0 Å². The zero-order chi connectivity index (χ0) is 23.1. The van der Waals surface area contributed by atoms with E-state index in [9.17, 15) is 0 Å². The molecule has 2 aromatic carbocycles. The highest BCUT2D eigenvalue weighted by Crippen LogP contribution is 2.28. The SMILES string of the molecule is CCc1cc2c(CCN3CCN(c4cccc5nc(C)ccc45)CC3)cccc2n2nncc12. The lowest BCUT2D eigenvalue weighted by Gasteiger charge is -2.36. The van der Waals surface area contributed by atoms with Gasteiger partial charge in [-0.25, -0.2) is 4.52 Å². The van der Waals surface area contributed by atoms with Gasteiger partial charge >= 0.3 is 0 Å². The first-order valence-electron chi connectivity index (χ1n) is 12.3. The molecule has 0 N–H and O–H groups in total. The van der Waals surface area contributed by atoms with Gasteiger partial charge in [0.1, 0.15) is 0 Å². The van der Waals surface area contributed by atoms with E-state index in [4.69, 9.17) is 4.98 Å². The van der Waals surface area contributed by atoms with Crippen molar-refractivity contribution in [2.24, 2.45) is 0 Å². The van der Waals surface area contributed by atoms with Crippen LogP contribution in [-0.2, 0) is 12.8 Å². The summed E-state index contributed by atoms with van der Waals surface area (Å²) in [6.07, 6.45) is 3.89. The largest absolute Gasteiger partial charge is 0.368 e. The molecule has 0 bridgehead atoms. The summed E-state index contributed by atoms with van der Waals surface area (Å²) in [5, 5.41) is 11.1. The zero-order valence-corrected chi connectivity index (χ0v) is 19.9. The molecule has 1 aliphatic heterocycles. The van der Waals surface area contributed by atoms with Crippen molar-refractivity contribution in [3.05, 3.63) is 77.6 Å². The topological polar surface area (TPSA) is 49.6 Å². The van der Waals surface area contributed by atoms with Crippen molar-refractivity contribution in [2.75, 3.05) is 37.6 Å². The number of rotatable bonds is 5. The summed E-state index contributed by atoms with van der Waals surface area (Å²) in [7, 11) is 0. The minimum Gasteiger partial charge on any atom is -0.368 e. The first-order chi connectivity index (χ1) is 16.7. The molecule has 34 heavy (non-hydrogen) atoms. The number of fused-ring (bicyclic) bond motifs is 4. The maximum absolute atomic E-state index is 4.71. The Bertz CT molecular complexity index is 1480. The summed E-state index contributed by atoms with van der Waals surface area (Å²) in [4.78, 5) is 9.83. The van der Waals surface area contributed by atoms with Gasteiger partial charge in [0.05, 0.1) is 22.7 Å². The molecule has 1 aliphatic rings. The first kappa shape index (κ1) is 21.1. The quantitative estimate of drug-likeness (QED) is 0.390. The summed E-state index contributed by atoms with van der Waals surface area (Å²) < 4.78 is 2.00. The number of nitrogens with zero attached hydrogens (tertiary/aromatic N) is 6. The summed E-state index contributed by atoms with van der Waals surface area (Å²) in [6, 6.07) is 19.7. The number of hydrogen-bond donors (Lipinski definition) is 0. The Morgan fingerprint density at radius 1 is 0.853 bits per heavy atom. The molecule has 0 spiro atoms. The Hall–Kier alpha value is -3.51. The number of aryl methyl sites for hydroxylation is 2. The molecular weight excluding hydrogens is 420 g/mol. The van der Waals surface area contributed by atoms with Crippen molar-refractivity contribution in [2.45, 2.75) is 26.7 Å². The lowest BCUT2D eigenvalue weighted by Crippen LogP contribution is -2.47. The van der Waals surface area contributed by atoms with Gasteiger partial charge in [-0.05, 0) is 67.3 Å². The second-order valence-corrected chi connectivity index (χ2v) is 9.28. The van der Waals surface area contributed by atoms with Crippen LogP contribution < -0.4 is 4.90 Å². The van der Waals surface area contributed by atoms with E-state index in [-0.39, 0.29) is 0 Å². The molecule has 172 valence electrons. The van der Waals surface area contributed by atoms with E-state index in [0.29, 0.717) is 0 Å². The molecule has 0 saturated carbocycles. The van der Waals surface area contributed by atoms with E-state index in [2.05, 4.69) is 88.6 Å². The van der Waals surface area contributed by atoms with Crippen LogP contribution in [0.5, 0.6) is 0 Å². The minimum atomic E-state index is 0.979. The second kappa shape index (κ2) is 8.69. The highest BCUT2D eigenvalue weighted by molar-refractivity contribution is 5.92. The van der Waals surface area contributed by atoms with Crippen molar-refractivity contribution in [1.82, 2.24) is 24.7 Å². The van der Waals surface area contributed by atoms with Crippen molar-refractivity contribution in [3.63, 3.8) is 0 Å². The van der Waals surface area contributed by atoms with E-state index in [1.165, 1.54) is 27.6 Å². The molecule has 6 heteroatoms. The standard InChI is InChI=1S/C28H30N6/c1-3-21-18-24-22(6-4-9-27(24)34-28(21)19-29-31-34)12-13-32-14-16-33(17-15-32)26-8-5-7-25-23(26)11-10-20(2)30-25/h4-11,18-19H,3,12-17H2,1-2H3. The van der Waals surface area contributed by atoms with Gasteiger partial charge in [0.25, 0.3) is 0 Å². The van der Waals surface area contributed by atoms with E-state index < -0.39 is 0 Å². The summed E-state index contributed by atoms with van der Waals surface area (Å²) in [5.41, 5.74) is 8.42. The number of piperazine rings is 1. The van der Waals surface area contributed by atoms with Gasteiger partial charge in [-0.3, -0.25) is 9.88 Å². The zero-order valence-electron chi connectivity index (χ0n) is 19.9. The molecule has 1 saturated heterocycles. The van der Waals surface area contributed by atoms with E-state index >= 15 is 0 Å². The molecule has 0 unspecified atom stereocenters. The third-order valence-corrected chi connectivity index (χ3v) is 7.24. The van der Waals surface area contributed by atoms with Crippen molar-refractivity contribution in [3.8, 4) is 0 Å².